The van der Waals surface area contributed by atoms with Crippen molar-refractivity contribution in [3.05, 3.63) is 29.3 Å². The second kappa shape index (κ2) is 2.96. The fourth-order valence-electron chi connectivity index (χ4n) is 1.38. The molecule has 0 aromatic heterocycles. The highest BCUT2D eigenvalue weighted by Gasteiger charge is 2.23. The zero-order valence-corrected chi connectivity index (χ0v) is 6.85. The molecule has 1 aromatic carbocycles. The van der Waals surface area contributed by atoms with Gasteiger partial charge in [0.25, 0.3) is 0 Å². The van der Waals surface area contributed by atoms with E-state index in [1.165, 1.54) is 0 Å². The van der Waals surface area contributed by atoms with Crippen LogP contribution in [0.1, 0.15) is 18.0 Å². The van der Waals surface area contributed by atoms with Gasteiger partial charge in [0.15, 0.2) is 11.6 Å². The third-order valence-corrected chi connectivity index (χ3v) is 2.27. The Balaban J connectivity index is 2.39. The minimum absolute atomic E-state index is 0.0323. The average Bonchev–Trinajstić information content (AvgIpc) is 1.96. The van der Waals surface area contributed by atoms with Gasteiger partial charge >= 0.3 is 0 Å². The standard InChI is InChI=1S/C9H9F2NO/c10-6-3-5(8-1-2-12-8)9(13)4-7(6)11/h3-4,8,12-13H,1-2H2/t8-/m1/s1. The maximum atomic E-state index is 12.8. The van der Waals surface area contributed by atoms with E-state index >= 15 is 0 Å². The number of halogens is 2. The molecule has 1 aromatic rings. The third-order valence-electron chi connectivity index (χ3n) is 2.27. The molecule has 0 saturated carbocycles. The fraction of sp³-hybridized carbons (Fsp3) is 0.333. The highest BCUT2D eigenvalue weighted by molar-refractivity contribution is 5.36. The SMILES string of the molecule is Oc1cc(F)c(F)cc1[C@H]1CCN1. The Bertz CT molecular complexity index is 337. The fourth-order valence-corrected chi connectivity index (χ4v) is 1.38. The first-order valence-corrected chi connectivity index (χ1v) is 4.10. The van der Waals surface area contributed by atoms with Gasteiger partial charge in [-0.05, 0) is 19.0 Å². The van der Waals surface area contributed by atoms with Gasteiger partial charge in [0.2, 0.25) is 0 Å². The molecule has 13 heavy (non-hydrogen) atoms. The van der Waals surface area contributed by atoms with Crippen molar-refractivity contribution in [2.24, 2.45) is 0 Å². The van der Waals surface area contributed by atoms with Gasteiger partial charge < -0.3 is 10.4 Å². The maximum absolute atomic E-state index is 12.8. The van der Waals surface area contributed by atoms with Crippen molar-refractivity contribution in [1.82, 2.24) is 5.32 Å². The van der Waals surface area contributed by atoms with Gasteiger partial charge in [-0.3, -0.25) is 0 Å². The first-order chi connectivity index (χ1) is 6.18. The number of rotatable bonds is 1. The molecule has 1 fully saturated rings. The summed E-state index contributed by atoms with van der Waals surface area (Å²) in [5.41, 5.74) is 0.435. The molecule has 0 radical (unpaired) electrons. The van der Waals surface area contributed by atoms with Crippen LogP contribution in [-0.2, 0) is 0 Å². The van der Waals surface area contributed by atoms with Crippen molar-refractivity contribution in [3.63, 3.8) is 0 Å². The molecule has 4 heteroatoms. The number of benzene rings is 1. The van der Waals surface area contributed by atoms with Crippen molar-refractivity contribution in [2.75, 3.05) is 6.54 Å². The molecule has 1 heterocycles. The topological polar surface area (TPSA) is 32.3 Å². The average molecular weight is 185 g/mol. The summed E-state index contributed by atoms with van der Waals surface area (Å²) in [5.74, 6) is -2.11. The van der Waals surface area contributed by atoms with Crippen molar-refractivity contribution in [2.45, 2.75) is 12.5 Å². The van der Waals surface area contributed by atoms with Gasteiger partial charge in [-0.25, -0.2) is 8.78 Å². The van der Waals surface area contributed by atoms with Gasteiger partial charge in [-0.2, -0.15) is 0 Å². The van der Waals surface area contributed by atoms with Crippen LogP contribution in [0.25, 0.3) is 0 Å². The lowest BCUT2D eigenvalue weighted by atomic mass is 9.97. The summed E-state index contributed by atoms with van der Waals surface area (Å²) in [4.78, 5) is 0. The van der Waals surface area contributed by atoms with E-state index in [-0.39, 0.29) is 11.8 Å². The van der Waals surface area contributed by atoms with Crippen LogP contribution in [0, 0.1) is 11.6 Å². The maximum Gasteiger partial charge on any atom is 0.162 e. The molecular formula is C9H9F2NO. The summed E-state index contributed by atoms with van der Waals surface area (Å²) < 4.78 is 25.4. The van der Waals surface area contributed by atoms with Gasteiger partial charge in [0.1, 0.15) is 5.75 Å². The van der Waals surface area contributed by atoms with Crippen LogP contribution in [0.3, 0.4) is 0 Å². The predicted molar refractivity (Wildman–Crippen MR) is 43.4 cm³/mol. The smallest absolute Gasteiger partial charge is 0.162 e. The summed E-state index contributed by atoms with van der Waals surface area (Å²) in [5, 5.41) is 12.3. The second-order valence-electron chi connectivity index (χ2n) is 3.12. The molecule has 2 rings (SSSR count). The van der Waals surface area contributed by atoms with Crippen molar-refractivity contribution in [3.8, 4) is 5.75 Å². The lowest BCUT2D eigenvalue weighted by molar-refractivity contribution is 0.359. The first kappa shape index (κ1) is 8.44. The predicted octanol–water partition coefficient (Wildman–Crippen LogP) is 1.70. The molecule has 1 aliphatic rings. The summed E-state index contributed by atoms with van der Waals surface area (Å²) in [7, 11) is 0. The lowest BCUT2D eigenvalue weighted by Crippen LogP contribution is -2.35. The van der Waals surface area contributed by atoms with Gasteiger partial charge in [-0.1, -0.05) is 0 Å². The molecule has 0 bridgehead atoms. The molecule has 0 unspecified atom stereocenters. The summed E-state index contributed by atoms with van der Waals surface area (Å²) in [6, 6.07) is 1.82. The van der Waals surface area contributed by atoms with E-state index in [1.54, 1.807) is 0 Å². The van der Waals surface area contributed by atoms with Crippen molar-refractivity contribution >= 4 is 0 Å². The number of aromatic hydroxyl groups is 1. The van der Waals surface area contributed by atoms with E-state index in [9.17, 15) is 13.9 Å². The number of nitrogens with one attached hydrogen (secondary N) is 1. The minimum Gasteiger partial charge on any atom is -0.507 e. The van der Waals surface area contributed by atoms with Gasteiger partial charge in [0, 0.05) is 17.7 Å². The van der Waals surface area contributed by atoms with E-state index in [2.05, 4.69) is 5.32 Å². The van der Waals surface area contributed by atoms with Crippen LogP contribution >= 0.6 is 0 Å². The largest absolute Gasteiger partial charge is 0.507 e. The number of hydrogen-bond donors (Lipinski definition) is 2. The Labute approximate surface area is 74.2 Å². The highest BCUT2D eigenvalue weighted by atomic mass is 19.2. The third kappa shape index (κ3) is 1.37. The van der Waals surface area contributed by atoms with Crippen LogP contribution < -0.4 is 5.32 Å². The molecule has 0 amide bonds. The van der Waals surface area contributed by atoms with E-state index in [0.29, 0.717) is 5.56 Å². The molecule has 2 nitrogen and oxygen atoms in total. The molecular weight excluding hydrogens is 176 g/mol. The minimum atomic E-state index is -1.01. The molecule has 0 spiro atoms. The molecule has 2 N–H and O–H groups in total. The van der Waals surface area contributed by atoms with E-state index in [1.807, 2.05) is 0 Å². The molecule has 0 aliphatic carbocycles. The molecule has 1 atom stereocenters. The lowest BCUT2D eigenvalue weighted by Gasteiger charge is -2.28. The Morgan fingerprint density at radius 3 is 2.46 bits per heavy atom. The highest BCUT2D eigenvalue weighted by Crippen LogP contribution is 2.31. The van der Waals surface area contributed by atoms with Crippen LogP contribution in [0.4, 0.5) is 8.78 Å². The zero-order chi connectivity index (χ0) is 9.42. The Morgan fingerprint density at radius 1 is 1.31 bits per heavy atom. The summed E-state index contributed by atoms with van der Waals surface area (Å²) in [6.07, 6.45) is 0.846. The van der Waals surface area contributed by atoms with Crippen molar-refractivity contribution in [1.29, 1.82) is 0 Å². The van der Waals surface area contributed by atoms with Gasteiger partial charge in [0.05, 0.1) is 0 Å². The molecule has 70 valence electrons. The Hall–Kier alpha value is -1.16. The summed E-state index contributed by atoms with van der Waals surface area (Å²) in [6.45, 7) is 0.850. The normalized spacial score (nSPS) is 21.2. The van der Waals surface area contributed by atoms with Crippen LogP contribution in [0.2, 0.25) is 0 Å². The van der Waals surface area contributed by atoms with E-state index in [0.717, 1.165) is 25.1 Å². The monoisotopic (exact) mass is 185 g/mol. The quantitative estimate of drug-likeness (QED) is 0.698. The van der Waals surface area contributed by atoms with Crippen LogP contribution in [0.5, 0.6) is 5.75 Å². The van der Waals surface area contributed by atoms with Crippen molar-refractivity contribution < 1.29 is 13.9 Å². The van der Waals surface area contributed by atoms with Crippen LogP contribution in [0.15, 0.2) is 12.1 Å². The second-order valence-corrected chi connectivity index (χ2v) is 3.12. The molecule has 1 saturated heterocycles. The van der Waals surface area contributed by atoms with Gasteiger partial charge in [-0.15, -0.1) is 0 Å². The number of hydrogen-bond acceptors (Lipinski definition) is 2. The number of phenolic OH excluding ortho intramolecular Hbond substituents is 1. The van der Waals surface area contributed by atoms with E-state index in [4.69, 9.17) is 0 Å². The summed E-state index contributed by atoms with van der Waals surface area (Å²) >= 11 is 0. The Morgan fingerprint density at radius 2 is 1.92 bits per heavy atom. The number of phenols is 1. The Kier molecular flexibility index (Phi) is 1.92. The first-order valence-electron chi connectivity index (χ1n) is 4.10. The van der Waals surface area contributed by atoms with E-state index < -0.39 is 11.6 Å². The zero-order valence-electron chi connectivity index (χ0n) is 6.85. The molecule has 1 aliphatic heterocycles. The van der Waals surface area contributed by atoms with Crippen LogP contribution in [-0.4, -0.2) is 11.7 Å².